The Kier molecular flexibility index (Phi) is 6.23. The van der Waals surface area contributed by atoms with Crippen molar-refractivity contribution in [3.05, 3.63) is 0 Å². The fourth-order valence-electron chi connectivity index (χ4n) is 2.08. The minimum absolute atomic E-state index is 0.0697. The predicted molar refractivity (Wildman–Crippen MR) is 76.9 cm³/mol. The Hall–Kier alpha value is -0.650. The monoisotopic (exact) mass is 271 g/mol. The minimum Gasteiger partial charge on any atom is -0.378 e. The molecule has 0 bridgehead atoms. The van der Waals surface area contributed by atoms with E-state index in [4.69, 9.17) is 10.5 Å². The number of hydrogen-bond donors (Lipinski definition) is 2. The van der Waals surface area contributed by atoms with Crippen molar-refractivity contribution >= 4 is 5.91 Å². The molecule has 1 atom stereocenters. The van der Waals surface area contributed by atoms with Crippen molar-refractivity contribution in [3.63, 3.8) is 0 Å². The number of rotatable bonds is 6. The summed E-state index contributed by atoms with van der Waals surface area (Å²) in [4.78, 5) is 14.4. The van der Waals surface area contributed by atoms with Gasteiger partial charge in [0.15, 0.2) is 0 Å². The van der Waals surface area contributed by atoms with Crippen LogP contribution in [0.15, 0.2) is 0 Å². The van der Waals surface area contributed by atoms with E-state index in [1.807, 2.05) is 13.8 Å². The average Bonchev–Trinajstić information content (AvgIpc) is 2.36. The topological polar surface area (TPSA) is 67.6 Å². The van der Waals surface area contributed by atoms with E-state index >= 15 is 0 Å². The van der Waals surface area contributed by atoms with Crippen molar-refractivity contribution in [2.75, 3.05) is 32.8 Å². The van der Waals surface area contributed by atoms with Crippen molar-refractivity contribution < 1.29 is 9.53 Å². The molecule has 5 nitrogen and oxygen atoms in total. The van der Waals surface area contributed by atoms with Gasteiger partial charge in [-0.15, -0.1) is 0 Å². The second-order valence-electron chi connectivity index (χ2n) is 6.41. The SMILES string of the molecule is CC(C)NC(=O)C1COCCN1CCC(C)(C)CN. The summed E-state index contributed by atoms with van der Waals surface area (Å²) in [5.74, 6) is 0.0697. The Morgan fingerprint density at radius 2 is 2.21 bits per heavy atom. The van der Waals surface area contributed by atoms with Crippen molar-refractivity contribution in [1.29, 1.82) is 0 Å². The molecule has 5 heteroatoms. The predicted octanol–water partition coefficient (Wildman–Crippen LogP) is 0.587. The highest BCUT2D eigenvalue weighted by Gasteiger charge is 2.30. The molecule has 1 unspecified atom stereocenters. The third-order valence-electron chi connectivity index (χ3n) is 3.60. The van der Waals surface area contributed by atoms with E-state index < -0.39 is 0 Å². The summed E-state index contributed by atoms with van der Waals surface area (Å²) in [5, 5.41) is 2.97. The summed E-state index contributed by atoms with van der Waals surface area (Å²) in [5.41, 5.74) is 5.88. The number of morpholine rings is 1. The lowest BCUT2D eigenvalue weighted by Gasteiger charge is -2.36. The lowest BCUT2D eigenvalue weighted by Crippen LogP contribution is -2.55. The average molecular weight is 271 g/mol. The molecule has 0 radical (unpaired) electrons. The summed E-state index contributed by atoms with van der Waals surface area (Å²) >= 11 is 0. The molecule has 1 amide bonds. The molecule has 0 spiro atoms. The quantitative estimate of drug-likeness (QED) is 0.742. The molecule has 112 valence electrons. The van der Waals surface area contributed by atoms with Crippen molar-refractivity contribution in [2.45, 2.75) is 46.2 Å². The summed E-state index contributed by atoms with van der Waals surface area (Å²) in [6.07, 6.45) is 0.995. The lowest BCUT2D eigenvalue weighted by atomic mass is 9.89. The molecule has 0 aromatic carbocycles. The Morgan fingerprint density at radius 1 is 1.53 bits per heavy atom. The van der Waals surface area contributed by atoms with Crippen LogP contribution in [-0.2, 0) is 9.53 Å². The number of ether oxygens (including phenoxy) is 1. The van der Waals surface area contributed by atoms with Crippen LogP contribution in [0, 0.1) is 5.41 Å². The summed E-state index contributed by atoms with van der Waals surface area (Å²) in [6.45, 7) is 11.8. The first-order valence-corrected chi connectivity index (χ1v) is 7.18. The van der Waals surface area contributed by atoms with E-state index in [1.54, 1.807) is 0 Å². The maximum absolute atomic E-state index is 12.2. The Bertz CT molecular complexity index is 292. The first kappa shape index (κ1) is 16.4. The van der Waals surface area contributed by atoms with Crippen LogP contribution in [0.3, 0.4) is 0 Å². The second-order valence-corrected chi connectivity index (χ2v) is 6.41. The number of hydrogen-bond acceptors (Lipinski definition) is 4. The number of amides is 1. The molecule has 1 rings (SSSR count). The highest BCUT2D eigenvalue weighted by Crippen LogP contribution is 2.20. The van der Waals surface area contributed by atoms with E-state index in [0.29, 0.717) is 19.8 Å². The van der Waals surface area contributed by atoms with Crippen molar-refractivity contribution in [3.8, 4) is 0 Å². The van der Waals surface area contributed by atoms with Gasteiger partial charge in [-0.25, -0.2) is 0 Å². The third kappa shape index (κ3) is 5.47. The van der Waals surface area contributed by atoms with Crippen LogP contribution in [0.5, 0.6) is 0 Å². The molecule has 1 fully saturated rings. The van der Waals surface area contributed by atoms with Gasteiger partial charge in [-0.05, 0) is 38.8 Å². The van der Waals surface area contributed by atoms with E-state index in [1.165, 1.54) is 0 Å². The van der Waals surface area contributed by atoms with E-state index in [2.05, 4.69) is 24.1 Å². The zero-order chi connectivity index (χ0) is 14.5. The largest absolute Gasteiger partial charge is 0.378 e. The van der Waals surface area contributed by atoms with Gasteiger partial charge >= 0.3 is 0 Å². The molecular weight excluding hydrogens is 242 g/mol. The van der Waals surface area contributed by atoms with Gasteiger partial charge in [-0.1, -0.05) is 13.8 Å². The van der Waals surface area contributed by atoms with Crippen LogP contribution in [0.2, 0.25) is 0 Å². The van der Waals surface area contributed by atoms with E-state index in [0.717, 1.165) is 19.5 Å². The van der Waals surface area contributed by atoms with Gasteiger partial charge in [0.2, 0.25) is 5.91 Å². The Labute approximate surface area is 116 Å². The summed E-state index contributed by atoms with van der Waals surface area (Å²) in [6, 6.07) is 0.00137. The van der Waals surface area contributed by atoms with Crippen LogP contribution >= 0.6 is 0 Å². The van der Waals surface area contributed by atoms with Gasteiger partial charge in [0, 0.05) is 12.6 Å². The molecule has 1 aliphatic rings. The minimum atomic E-state index is -0.162. The number of nitrogens with zero attached hydrogens (tertiary/aromatic N) is 1. The van der Waals surface area contributed by atoms with Gasteiger partial charge in [-0.2, -0.15) is 0 Å². The van der Waals surface area contributed by atoms with Gasteiger partial charge < -0.3 is 15.8 Å². The third-order valence-corrected chi connectivity index (χ3v) is 3.60. The molecule has 19 heavy (non-hydrogen) atoms. The lowest BCUT2D eigenvalue weighted by molar-refractivity contribution is -0.133. The zero-order valence-corrected chi connectivity index (χ0v) is 12.7. The summed E-state index contributed by atoms with van der Waals surface area (Å²) < 4.78 is 5.45. The Balaban J connectivity index is 2.55. The number of carbonyl (C=O) groups excluding carboxylic acids is 1. The van der Waals surface area contributed by atoms with Crippen molar-refractivity contribution in [1.82, 2.24) is 10.2 Å². The van der Waals surface area contributed by atoms with Gasteiger partial charge in [-0.3, -0.25) is 9.69 Å². The number of nitrogens with one attached hydrogen (secondary N) is 1. The number of carbonyl (C=O) groups is 1. The maximum Gasteiger partial charge on any atom is 0.239 e. The molecule has 0 aromatic heterocycles. The van der Waals surface area contributed by atoms with Crippen LogP contribution in [0.25, 0.3) is 0 Å². The van der Waals surface area contributed by atoms with Gasteiger partial charge in [0.1, 0.15) is 6.04 Å². The fourth-order valence-corrected chi connectivity index (χ4v) is 2.08. The van der Waals surface area contributed by atoms with Crippen LogP contribution in [0.4, 0.5) is 0 Å². The fraction of sp³-hybridized carbons (Fsp3) is 0.929. The molecule has 1 aliphatic heterocycles. The van der Waals surface area contributed by atoms with Gasteiger partial charge in [0.05, 0.1) is 13.2 Å². The number of nitrogens with two attached hydrogens (primary N) is 1. The molecular formula is C14H29N3O2. The molecule has 1 saturated heterocycles. The standard InChI is InChI=1S/C14H29N3O2/c1-11(2)16-13(18)12-9-19-8-7-17(12)6-5-14(3,4)10-15/h11-12H,5-10,15H2,1-4H3,(H,16,18). The second kappa shape index (κ2) is 7.22. The first-order valence-electron chi connectivity index (χ1n) is 7.18. The summed E-state index contributed by atoms with van der Waals surface area (Å²) in [7, 11) is 0. The smallest absolute Gasteiger partial charge is 0.239 e. The molecule has 0 saturated carbocycles. The molecule has 3 N–H and O–H groups in total. The zero-order valence-electron chi connectivity index (χ0n) is 12.7. The first-order chi connectivity index (χ1) is 8.85. The van der Waals surface area contributed by atoms with E-state index in [9.17, 15) is 4.79 Å². The molecule has 0 aliphatic carbocycles. The van der Waals surface area contributed by atoms with Crippen LogP contribution in [-0.4, -0.2) is 55.7 Å². The molecule has 0 aromatic rings. The van der Waals surface area contributed by atoms with E-state index in [-0.39, 0.29) is 23.4 Å². The van der Waals surface area contributed by atoms with Gasteiger partial charge in [0.25, 0.3) is 0 Å². The van der Waals surface area contributed by atoms with Crippen molar-refractivity contribution in [2.24, 2.45) is 11.1 Å². The van der Waals surface area contributed by atoms with Crippen LogP contribution in [0.1, 0.15) is 34.1 Å². The maximum atomic E-state index is 12.2. The van der Waals surface area contributed by atoms with Crippen LogP contribution < -0.4 is 11.1 Å². The highest BCUT2D eigenvalue weighted by atomic mass is 16.5. The normalized spacial score (nSPS) is 21.7. The Morgan fingerprint density at radius 3 is 2.79 bits per heavy atom. The highest BCUT2D eigenvalue weighted by molar-refractivity contribution is 5.82. The molecule has 1 heterocycles.